The maximum absolute atomic E-state index is 12.7. The number of carbonyl (C=O) groups excluding carboxylic acids is 2. The first-order chi connectivity index (χ1) is 10.9. The van der Waals surface area contributed by atoms with Crippen LogP contribution >= 0.6 is 21.6 Å². The Bertz CT molecular complexity index is 838. The Hall–Kier alpha value is -1.64. The maximum Gasteiger partial charge on any atom is 0.278 e. The third-order valence-corrected chi connectivity index (χ3v) is 8.09. The van der Waals surface area contributed by atoms with Crippen molar-refractivity contribution in [1.29, 1.82) is 0 Å². The minimum atomic E-state index is -1.95. The number of aromatic amines is 1. The highest BCUT2D eigenvalue weighted by Gasteiger charge is 2.63. The fourth-order valence-electron chi connectivity index (χ4n) is 3.01. The number of carbonyl (C=O) groups is 2. The molecule has 0 radical (unpaired) electrons. The molecule has 3 atom stereocenters. The number of aliphatic hydroxyl groups is 1. The largest absolute Gasteiger partial charge is 0.362 e. The van der Waals surface area contributed by atoms with E-state index in [9.17, 15) is 14.7 Å². The summed E-state index contributed by atoms with van der Waals surface area (Å²) in [5, 5.41) is 13.9. The molecule has 6 nitrogen and oxygen atoms in total. The van der Waals surface area contributed by atoms with Gasteiger partial charge in [-0.15, -0.1) is 0 Å². The highest BCUT2D eigenvalue weighted by atomic mass is 33.1. The summed E-state index contributed by atoms with van der Waals surface area (Å²) in [6.07, 6.45) is 1.79. The molecule has 2 bridgehead atoms. The summed E-state index contributed by atoms with van der Waals surface area (Å²) in [5.74, 6) is -0.852. The molecule has 2 amide bonds. The van der Waals surface area contributed by atoms with E-state index < -0.39 is 21.8 Å². The molecule has 3 aliphatic rings. The van der Waals surface area contributed by atoms with Crippen molar-refractivity contribution in [3.63, 3.8) is 0 Å². The lowest BCUT2D eigenvalue weighted by molar-refractivity contribution is -0.171. The molecule has 4 heterocycles. The Labute approximate surface area is 140 Å². The second kappa shape index (κ2) is 4.68. The molecule has 3 fully saturated rings. The van der Waals surface area contributed by atoms with Crippen molar-refractivity contribution in [3.05, 3.63) is 36.0 Å². The predicted octanol–water partition coefficient (Wildman–Crippen LogP) is 1.60. The first-order valence-electron chi connectivity index (χ1n) is 7.11. The fraction of sp³-hybridized carbons (Fsp3) is 0.333. The number of amides is 2. The number of rotatable bonds is 1. The van der Waals surface area contributed by atoms with Crippen LogP contribution in [0.2, 0.25) is 0 Å². The zero-order valence-electron chi connectivity index (χ0n) is 12.5. The number of benzene rings is 1. The predicted molar refractivity (Wildman–Crippen MR) is 90.5 cm³/mol. The molecule has 1 aromatic carbocycles. The van der Waals surface area contributed by atoms with Crippen LogP contribution in [0.5, 0.6) is 0 Å². The van der Waals surface area contributed by atoms with Crippen molar-refractivity contribution in [1.82, 2.24) is 15.2 Å². The summed E-state index contributed by atoms with van der Waals surface area (Å²) in [4.78, 5) is 28.6. The highest BCUT2D eigenvalue weighted by molar-refractivity contribution is 8.77. The van der Waals surface area contributed by atoms with Gasteiger partial charge in [-0.1, -0.05) is 39.8 Å². The van der Waals surface area contributed by atoms with E-state index in [2.05, 4.69) is 10.3 Å². The van der Waals surface area contributed by atoms with Crippen LogP contribution in [-0.2, 0) is 9.59 Å². The second-order valence-corrected chi connectivity index (χ2v) is 8.62. The van der Waals surface area contributed by atoms with Crippen LogP contribution in [0.4, 0.5) is 0 Å². The van der Waals surface area contributed by atoms with Gasteiger partial charge in [-0.25, -0.2) is 0 Å². The zero-order chi connectivity index (χ0) is 16.4. The smallest absolute Gasteiger partial charge is 0.278 e. The van der Waals surface area contributed by atoms with Gasteiger partial charge in [0.15, 0.2) is 4.87 Å². The number of hydrogen-bond donors (Lipinski definition) is 3. The molecule has 0 unspecified atom stereocenters. The van der Waals surface area contributed by atoms with Crippen LogP contribution in [0.1, 0.15) is 17.7 Å². The molecular weight excluding hydrogens is 334 g/mol. The van der Waals surface area contributed by atoms with Crippen molar-refractivity contribution in [3.8, 4) is 0 Å². The van der Waals surface area contributed by atoms with E-state index in [1.807, 2.05) is 24.3 Å². The number of nitrogens with one attached hydrogen (secondary N) is 2. The van der Waals surface area contributed by atoms with Crippen LogP contribution in [-0.4, -0.2) is 44.4 Å². The van der Waals surface area contributed by atoms with E-state index >= 15 is 0 Å². The minimum absolute atomic E-state index is 0.359. The Morgan fingerprint density at radius 1 is 1.30 bits per heavy atom. The van der Waals surface area contributed by atoms with E-state index in [0.29, 0.717) is 0 Å². The number of aromatic nitrogens is 1. The van der Waals surface area contributed by atoms with Gasteiger partial charge in [-0.2, -0.15) is 0 Å². The zero-order valence-corrected chi connectivity index (χ0v) is 14.1. The van der Waals surface area contributed by atoms with Gasteiger partial charge >= 0.3 is 0 Å². The third kappa shape index (κ3) is 1.82. The van der Waals surface area contributed by atoms with Gasteiger partial charge in [0.05, 0.1) is 5.25 Å². The minimum Gasteiger partial charge on any atom is -0.362 e. The van der Waals surface area contributed by atoms with Crippen molar-refractivity contribution in [2.24, 2.45) is 0 Å². The SMILES string of the molecule is CN1C(=O)[C@@]2(O)NC(=O)[C@]1(C)SS[C@@H]2c1c[nH]c2ccccc12. The van der Waals surface area contributed by atoms with Crippen LogP contribution < -0.4 is 5.32 Å². The van der Waals surface area contributed by atoms with Gasteiger partial charge in [0.25, 0.3) is 11.8 Å². The van der Waals surface area contributed by atoms with Gasteiger partial charge in [0, 0.05) is 24.1 Å². The Kier molecular flexibility index (Phi) is 3.04. The number of H-pyrrole nitrogens is 1. The first-order valence-corrected chi connectivity index (χ1v) is 9.33. The first kappa shape index (κ1) is 14.9. The number of para-hydroxylation sites is 1. The van der Waals surface area contributed by atoms with Gasteiger partial charge in [-0.3, -0.25) is 9.59 Å². The van der Waals surface area contributed by atoms with Crippen molar-refractivity contribution in [2.75, 3.05) is 7.05 Å². The van der Waals surface area contributed by atoms with E-state index in [1.54, 1.807) is 20.2 Å². The second-order valence-electron chi connectivity index (χ2n) is 5.92. The van der Waals surface area contributed by atoms with Gasteiger partial charge in [-0.05, 0) is 18.6 Å². The average Bonchev–Trinajstić information content (AvgIpc) is 2.89. The number of fused-ring (bicyclic) bond motifs is 5. The van der Waals surface area contributed by atoms with Crippen LogP contribution in [0.3, 0.4) is 0 Å². The van der Waals surface area contributed by atoms with E-state index in [0.717, 1.165) is 16.5 Å². The number of likely N-dealkylation sites (N-methyl/N-ethyl adjacent to an activating group) is 1. The lowest BCUT2D eigenvalue weighted by Crippen LogP contribution is -2.72. The van der Waals surface area contributed by atoms with Gasteiger partial charge in [0.1, 0.15) is 0 Å². The Morgan fingerprint density at radius 2 is 2.04 bits per heavy atom. The van der Waals surface area contributed by atoms with E-state index in [1.165, 1.54) is 26.5 Å². The Morgan fingerprint density at radius 3 is 2.83 bits per heavy atom. The molecule has 120 valence electrons. The molecular formula is C15H15N3O3S2. The quantitative estimate of drug-likeness (QED) is 0.681. The summed E-state index contributed by atoms with van der Waals surface area (Å²) in [6, 6.07) is 7.69. The average molecular weight is 349 g/mol. The summed E-state index contributed by atoms with van der Waals surface area (Å²) in [6.45, 7) is 1.69. The lowest BCUT2D eigenvalue weighted by Gasteiger charge is -2.44. The molecule has 0 spiro atoms. The summed E-state index contributed by atoms with van der Waals surface area (Å²) >= 11 is 0. The number of nitrogens with zero attached hydrogens (tertiary/aromatic N) is 1. The molecule has 3 aliphatic heterocycles. The van der Waals surface area contributed by atoms with Crippen LogP contribution in [0, 0.1) is 0 Å². The van der Waals surface area contributed by atoms with Gasteiger partial charge < -0.3 is 20.3 Å². The summed E-state index contributed by atoms with van der Waals surface area (Å²) < 4.78 is 0. The molecule has 8 heteroatoms. The third-order valence-electron chi connectivity index (χ3n) is 4.59. The highest BCUT2D eigenvalue weighted by Crippen LogP contribution is 2.57. The van der Waals surface area contributed by atoms with Crippen molar-refractivity contribution >= 4 is 44.3 Å². The number of hydrogen-bond acceptors (Lipinski definition) is 5. The molecule has 5 rings (SSSR count). The molecule has 3 saturated heterocycles. The van der Waals surface area contributed by atoms with E-state index in [-0.39, 0.29) is 5.91 Å². The van der Waals surface area contributed by atoms with Crippen LogP contribution in [0.15, 0.2) is 30.5 Å². The molecule has 1 aromatic heterocycles. The van der Waals surface area contributed by atoms with Crippen LogP contribution in [0.25, 0.3) is 10.9 Å². The molecule has 0 aliphatic carbocycles. The lowest BCUT2D eigenvalue weighted by atomic mass is 9.96. The monoisotopic (exact) mass is 349 g/mol. The van der Waals surface area contributed by atoms with Gasteiger partial charge in [0.2, 0.25) is 5.72 Å². The Balaban J connectivity index is 1.90. The number of piperazine rings is 1. The normalized spacial score (nSPS) is 33.9. The summed E-state index contributed by atoms with van der Waals surface area (Å²) in [7, 11) is 4.20. The topological polar surface area (TPSA) is 85.4 Å². The van der Waals surface area contributed by atoms with Crippen molar-refractivity contribution in [2.45, 2.75) is 22.8 Å². The summed E-state index contributed by atoms with van der Waals surface area (Å²) in [5.41, 5.74) is -0.229. The fourth-order valence-corrected chi connectivity index (χ4v) is 6.36. The molecule has 3 N–H and O–H groups in total. The molecule has 23 heavy (non-hydrogen) atoms. The van der Waals surface area contributed by atoms with E-state index in [4.69, 9.17) is 0 Å². The molecule has 2 aromatic rings. The van der Waals surface area contributed by atoms with Crippen molar-refractivity contribution < 1.29 is 14.7 Å². The maximum atomic E-state index is 12.7. The molecule has 0 saturated carbocycles. The standard InChI is InChI=1S/C15H15N3O3S2/c1-14-12(19)17-15(21,13(20)18(14)2)11(22-23-14)9-7-16-10-6-4-3-5-8(9)10/h3-7,11,16,21H,1-2H3,(H,17,19)/t11-,14+,15-/m1/s1.